The molecule has 0 unspecified atom stereocenters. The molecule has 1 saturated heterocycles. The minimum Gasteiger partial charge on any atom is -0.330 e. The van der Waals surface area contributed by atoms with Gasteiger partial charge in [-0.2, -0.15) is 0 Å². The fourth-order valence-electron chi connectivity index (χ4n) is 1.80. The molecule has 78 valence electrons. The highest BCUT2D eigenvalue weighted by Gasteiger charge is 2.24. The molecular weight excluding hydrogens is 196 g/mol. The molecular formula is C11H17ClN2. The summed E-state index contributed by atoms with van der Waals surface area (Å²) in [6, 6.07) is 10.6. The largest absolute Gasteiger partial charge is 0.330 e. The second-order valence-electron chi connectivity index (χ2n) is 3.78. The van der Waals surface area contributed by atoms with Crippen LogP contribution in [0.3, 0.4) is 0 Å². The van der Waals surface area contributed by atoms with E-state index in [0.29, 0.717) is 0 Å². The Labute approximate surface area is 91.5 Å². The Hall–Kier alpha value is -0.570. The summed E-state index contributed by atoms with van der Waals surface area (Å²) in [6.07, 6.45) is 0. The van der Waals surface area contributed by atoms with Gasteiger partial charge in [0.1, 0.15) is 0 Å². The summed E-state index contributed by atoms with van der Waals surface area (Å²) in [5, 5.41) is 0. The number of rotatable bonds is 3. The molecule has 0 saturated carbocycles. The second kappa shape index (κ2) is 5.35. The van der Waals surface area contributed by atoms with Crippen LogP contribution in [-0.4, -0.2) is 24.5 Å². The fourth-order valence-corrected chi connectivity index (χ4v) is 1.80. The Morgan fingerprint density at radius 2 is 1.86 bits per heavy atom. The zero-order valence-corrected chi connectivity index (χ0v) is 9.04. The van der Waals surface area contributed by atoms with Crippen LogP contribution in [0.5, 0.6) is 0 Å². The number of hydrogen-bond donors (Lipinski definition) is 1. The lowest BCUT2D eigenvalue weighted by Crippen LogP contribution is -2.49. The lowest BCUT2D eigenvalue weighted by Gasteiger charge is -2.38. The van der Waals surface area contributed by atoms with E-state index >= 15 is 0 Å². The second-order valence-corrected chi connectivity index (χ2v) is 3.78. The van der Waals surface area contributed by atoms with E-state index in [2.05, 4.69) is 35.2 Å². The Bertz CT molecular complexity index is 257. The van der Waals surface area contributed by atoms with Crippen LogP contribution in [0, 0.1) is 5.92 Å². The van der Waals surface area contributed by atoms with Crippen molar-refractivity contribution in [3.63, 3.8) is 0 Å². The number of halogens is 1. The average molecular weight is 213 g/mol. The smallest absolute Gasteiger partial charge is 0.0234 e. The van der Waals surface area contributed by atoms with E-state index in [4.69, 9.17) is 5.73 Å². The van der Waals surface area contributed by atoms with Crippen LogP contribution in [0.25, 0.3) is 0 Å². The summed E-state index contributed by atoms with van der Waals surface area (Å²) in [5.74, 6) is 0.740. The molecule has 1 aliphatic rings. The predicted molar refractivity (Wildman–Crippen MR) is 61.5 cm³/mol. The quantitative estimate of drug-likeness (QED) is 0.823. The minimum atomic E-state index is 0. The summed E-state index contributed by atoms with van der Waals surface area (Å²) >= 11 is 0. The SMILES string of the molecule is Cl.NCC1CN(Cc2ccccc2)C1. The molecule has 0 atom stereocenters. The molecule has 1 heterocycles. The van der Waals surface area contributed by atoms with E-state index in [1.807, 2.05) is 0 Å². The summed E-state index contributed by atoms with van der Waals surface area (Å²) in [4.78, 5) is 2.44. The predicted octanol–water partition coefficient (Wildman–Crippen LogP) is 1.50. The number of nitrogens with zero attached hydrogens (tertiary/aromatic N) is 1. The van der Waals surface area contributed by atoms with Gasteiger partial charge >= 0.3 is 0 Å². The normalized spacial score (nSPS) is 17.2. The van der Waals surface area contributed by atoms with E-state index in [0.717, 1.165) is 19.0 Å². The van der Waals surface area contributed by atoms with Crippen molar-refractivity contribution >= 4 is 12.4 Å². The van der Waals surface area contributed by atoms with Gasteiger partial charge in [0.15, 0.2) is 0 Å². The van der Waals surface area contributed by atoms with Gasteiger partial charge in [-0.15, -0.1) is 12.4 Å². The van der Waals surface area contributed by atoms with Crippen LogP contribution in [-0.2, 0) is 6.54 Å². The van der Waals surface area contributed by atoms with Crippen molar-refractivity contribution in [2.24, 2.45) is 11.7 Å². The third-order valence-electron chi connectivity index (χ3n) is 2.62. The molecule has 0 aromatic heterocycles. The lowest BCUT2D eigenvalue weighted by molar-refractivity contribution is 0.0979. The molecule has 0 radical (unpaired) electrons. The first-order valence-electron chi connectivity index (χ1n) is 4.85. The van der Waals surface area contributed by atoms with E-state index in [1.54, 1.807) is 0 Å². The van der Waals surface area contributed by atoms with E-state index < -0.39 is 0 Å². The average Bonchev–Trinajstić information content (AvgIpc) is 2.12. The molecule has 2 rings (SSSR count). The zero-order valence-electron chi connectivity index (χ0n) is 8.23. The fraction of sp³-hybridized carbons (Fsp3) is 0.455. The van der Waals surface area contributed by atoms with Crippen molar-refractivity contribution in [3.8, 4) is 0 Å². The van der Waals surface area contributed by atoms with Crippen LogP contribution >= 0.6 is 12.4 Å². The molecule has 3 heteroatoms. The first-order chi connectivity index (χ1) is 6.38. The molecule has 1 aromatic carbocycles. The van der Waals surface area contributed by atoms with Gasteiger partial charge in [0.05, 0.1) is 0 Å². The number of nitrogens with two attached hydrogens (primary N) is 1. The molecule has 0 amide bonds. The van der Waals surface area contributed by atoms with Crippen molar-refractivity contribution < 1.29 is 0 Å². The van der Waals surface area contributed by atoms with Gasteiger partial charge in [0, 0.05) is 19.6 Å². The third-order valence-corrected chi connectivity index (χ3v) is 2.62. The van der Waals surface area contributed by atoms with Gasteiger partial charge in [-0.05, 0) is 18.0 Å². The highest BCUT2D eigenvalue weighted by molar-refractivity contribution is 5.85. The number of hydrogen-bond acceptors (Lipinski definition) is 2. The van der Waals surface area contributed by atoms with E-state index in [9.17, 15) is 0 Å². The Balaban J connectivity index is 0.000000980. The van der Waals surface area contributed by atoms with Crippen molar-refractivity contribution in [1.29, 1.82) is 0 Å². The molecule has 0 spiro atoms. The molecule has 0 bridgehead atoms. The maximum atomic E-state index is 5.56. The maximum Gasteiger partial charge on any atom is 0.0234 e. The summed E-state index contributed by atoms with van der Waals surface area (Å²) in [6.45, 7) is 4.26. The Morgan fingerprint density at radius 3 is 2.43 bits per heavy atom. The lowest BCUT2D eigenvalue weighted by atomic mass is 10.00. The van der Waals surface area contributed by atoms with Crippen molar-refractivity contribution in [2.45, 2.75) is 6.54 Å². The molecule has 2 nitrogen and oxygen atoms in total. The van der Waals surface area contributed by atoms with Gasteiger partial charge in [-0.1, -0.05) is 30.3 Å². The highest BCUT2D eigenvalue weighted by atomic mass is 35.5. The third kappa shape index (κ3) is 2.71. The maximum absolute atomic E-state index is 5.56. The van der Waals surface area contributed by atoms with Crippen molar-refractivity contribution in [3.05, 3.63) is 35.9 Å². The molecule has 14 heavy (non-hydrogen) atoms. The Morgan fingerprint density at radius 1 is 1.21 bits per heavy atom. The first-order valence-corrected chi connectivity index (χ1v) is 4.85. The number of likely N-dealkylation sites (tertiary alicyclic amines) is 1. The van der Waals surface area contributed by atoms with Crippen LogP contribution in [0.4, 0.5) is 0 Å². The van der Waals surface area contributed by atoms with Crippen LogP contribution in [0.2, 0.25) is 0 Å². The minimum absolute atomic E-state index is 0. The summed E-state index contributed by atoms with van der Waals surface area (Å²) in [7, 11) is 0. The van der Waals surface area contributed by atoms with Crippen molar-refractivity contribution in [1.82, 2.24) is 4.90 Å². The van der Waals surface area contributed by atoms with Gasteiger partial charge in [-0.3, -0.25) is 4.90 Å². The van der Waals surface area contributed by atoms with Gasteiger partial charge in [0.25, 0.3) is 0 Å². The van der Waals surface area contributed by atoms with E-state index in [-0.39, 0.29) is 12.4 Å². The van der Waals surface area contributed by atoms with Crippen LogP contribution in [0.15, 0.2) is 30.3 Å². The molecule has 2 N–H and O–H groups in total. The number of benzene rings is 1. The standard InChI is InChI=1S/C11H16N2.ClH/c12-6-11-8-13(9-11)7-10-4-2-1-3-5-10;/h1-5,11H,6-9,12H2;1H. The van der Waals surface area contributed by atoms with Gasteiger partial charge < -0.3 is 5.73 Å². The van der Waals surface area contributed by atoms with Gasteiger partial charge in [0.2, 0.25) is 0 Å². The van der Waals surface area contributed by atoms with Crippen LogP contribution < -0.4 is 5.73 Å². The van der Waals surface area contributed by atoms with Crippen molar-refractivity contribution in [2.75, 3.05) is 19.6 Å². The first kappa shape index (κ1) is 11.5. The summed E-state index contributed by atoms with van der Waals surface area (Å²) < 4.78 is 0. The Kier molecular flexibility index (Phi) is 4.39. The molecule has 1 aromatic rings. The summed E-state index contributed by atoms with van der Waals surface area (Å²) in [5.41, 5.74) is 6.96. The molecule has 0 aliphatic carbocycles. The molecule has 1 aliphatic heterocycles. The monoisotopic (exact) mass is 212 g/mol. The van der Waals surface area contributed by atoms with Gasteiger partial charge in [-0.25, -0.2) is 0 Å². The zero-order chi connectivity index (χ0) is 9.10. The van der Waals surface area contributed by atoms with Crippen LogP contribution in [0.1, 0.15) is 5.56 Å². The highest BCUT2D eigenvalue weighted by Crippen LogP contribution is 2.16. The molecule has 1 fully saturated rings. The van der Waals surface area contributed by atoms with E-state index in [1.165, 1.54) is 18.7 Å². The topological polar surface area (TPSA) is 29.3 Å².